The summed E-state index contributed by atoms with van der Waals surface area (Å²) in [7, 11) is 3.79. The number of nitrogens with one attached hydrogen (secondary N) is 1. The molecule has 2 aromatic carbocycles. The fraction of sp³-hybridized carbons (Fsp3) is 0.176. The second kappa shape index (κ2) is 7.43. The highest BCUT2D eigenvalue weighted by Gasteiger charge is 2.16. The summed E-state index contributed by atoms with van der Waals surface area (Å²) in [5, 5.41) is 30.5. The summed E-state index contributed by atoms with van der Waals surface area (Å²) in [5.41, 5.74) is 1.32. The molecule has 0 radical (unpaired) electrons. The summed E-state index contributed by atoms with van der Waals surface area (Å²) in [6.45, 7) is -0.545. The minimum absolute atomic E-state index is 0.198. The lowest BCUT2D eigenvalue weighted by molar-refractivity contribution is -0.119. The predicted molar refractivity (Wildman–Crippen MR) is 91.1 cm³/mol. The fourth-order valence-corrected chi connectivity index (χ4v) is 1.98. The number of phenolic OH excluding ortho intramolecular Hbond substituents is 3. The van der Waals surface area contributed by atoms with Crippen LogP contribution >= 0.6 is 0 Å². The van der Waals surface area contributed by atoms with E-state index in [1.165, 1.54) is 0 Å². The maximum Gasteiger partial charge on any atom is 0.338 e. The first-order valence-corrected chi connectivity index (χ1v) is 7.27. The lowest BCUT2D eigenvalue weighted by atomic mass is 10.2. The topological polar surface area (TPSA) is 119 Å². The van der Waals surface area contributed by atoms with Crippen molar-refractivity contribution < 1.29 is 29.6 Å². The molecule has 0 aliphatic rings. The molecular formula is C17H18N2O6. The van der Waals surface area contributed by atoms with Crippen LogP contribution in [0.15, 0.2) is 36.4 Å². The molecule has 0 aromatic heterocycles. The Morgan fingerprint density at radius 3 is 2.12 bits per heavy atom. The summed E-state index contributed by atoms with van der Waals surface area (Å²) in [6.07, 6.45) is 0. The summed E-state index contributed by atoms with van der Waals surface area (Å²) in [4.78, 5) is 25.6. The highest BCUT2D eigenvalue weighted by molar-refractivity contribution is 5.96. The van der Waals surface area contributed by atoms with Crippen molar-refractivity contribution in [3.05, 3.63) is 42.0 Å². The largest absolute Gasteiger partial charge is 0.504 e. The molecule has 132 valence electrons. The highest BCUT2D eigenvalue weighted by Crippen LogP contribution is 2.35. The lowest BCUT2D eigenvalue weighted by Gasteiger charge is -2.13. The standard InChI is InChI=1S/C17H18N2O6/c1-19(2)12-5-3-11(4-6-12)18-15(22)9-25-17(24)10-7-13(20)16(23)14(21)8-10/h3-8,20-21,23H,9H2,1-2H3,(H,18,22). The van der Waals surface area contributed by atoms with Crippen molar-refractivity contribution in [3.8, 4) is 17.2 Å². The summed E-state index contributed by atoms with van der Waals surface area (Å²) < 4.78 is 4.81. The van der Waals surface area contributed by atoms with Crippen molar-refractivity contribution >= 4 is 23.3 Å². The number of phenols is 3. The van der Waals surface area contributed by atoms with E-state index in [0.29, 0.717) is 5.69 Å². The Labute approximate surface area is 143 Å². The zero-order chi connectivity index (χ0) is 18.6. The van der Waals surface area contributed by atoms with Gasteiger partial charge in [0.1, 0.15) is 0 Å². The van der Waals surface area contributed by atoms with Crippen LogP contribution < -0.4 is 10.2 Å². The van der Waals surface area contributed by atoms with Crippen molar-refractivity contribution in [2.45, 2.75) is 0 Å². The minimum Gasteiger partial charge on any atom is -0.504 e. The first-order valence-electron chi connectivity index (χ1n) is 7.27. The second-order valence-electron chi connectivity index (χ2n) is 5.43. The van der Waals surface area contributed by atoms with Gasteiger partial charge in [0.25, 0.3) is 5.91 Å². The summed E-state index contributed by atoms with van der Waals surface area (Å²) >= 11 is 0. The van der Waals surface area contributed by atoms with E-state index in [-0.39, 0.29) is 5.56 Å². The molecule has 0 atom stereocenters. The zero-order valence-electron chi connectivity index (χ0n) is 13.7. The second-order valence-corrected chi connectivity index (χ2v) is 5.43. The number of ether oxygens (including phenoxy) is 1. The number of esters is 1. The van der Waals surface area contributed by atoms with Gasteiger partial charge in [-0.1, -0.05) is 0 Å². The molecule has 0 bridgehead atoms. The number of carbonyl (C=O) groups excluding carboxylic acids is 2. The van der Waals surface area contributed by atoms with Gasteiger partial charge in [-0.15, -0.1) is 0 Å². The van der Waals surface area contributed by atoms with Gasteiger partial charge in [-0.3, -0.25) is 4.79 Å². The van der Waals surface area contributed by atoms with E-state index in [2.05, 4.69) is 5.32 Å². The Kier molecular flexibility index (Phi) is 5.33. The molecule has 2 rings (SSSR count). The smallest absolute Gasteiger partial charge is 0.338 e. The van der Waals surface area contributed by atoms with E-state index >= 15 is 0 Å². The van der Waals surface area contributed by atoms with Gasteiger partial charge in [0.2, 0.25) is 0 Å². The number of benzene rings is 2. The average Bonchev–Trinajstić information content (AvgIpc) is 2.57. The van der Waals surface area contributed by atoms with Crippen LogP contribution in [0.3, 0.4) is 0 Å². The maximum atomic E-state index is 11.8. The molecule has 0 heterocycles. The fourth-order valence-electron chi connectivity index (χ4n) is 1.98. The van der Waals surface area contributed by atoms with Crippen molar-refractivity contribution in [2.24, 2.45) is 0 Å². The zero-order valence-corrected chi connectivity index (χ0v) is 13.7. The monoisotopic (exact) mass is 346 g/mol. The number of hydrogen-bond acceptors (Lipinski definition) is 7. The first-order chi connectivity index (χ1) is 11.8. The molecule has 8 nitrogen and oxygen atoms in total. The number of hydrogen-bond donors (Lipinski definition) is 4. The molecule has 0 unspecified atom stereocenters. The Morgan fingerprint density at radius 1 is 1.04 bits per heavy atom. The normalized spacial score (nSPS) is 10.2. The van der Waals surface area contributed by atoms with Crippen molar-refractivity contribution in [3.63, 3.8) is 0 Å². The lowest BCUT2D eigenvalue weighted by Crippen LogP contribution is -2.21. The molecule has 4 N–H and O–H groups in total. The summed E-state index contributed by atoms with van der Waals surface area (Å²) in [5.74, 6) is -3.55. The first kappa shape index (κ1) is 17.9. The molecular weight excluding hydrogens is 328 g/mol. The third-order valence-corrected chi connectivity index (χ3v) is 3.31. The van der Waals surface area contributed by atoms with Crippen LogP contribution in [-0.2, 0) is 9.53 Å². The van der Waals surface area contributed by atoms with Crippen molar-refractivity contribution in [2.75, 3.05) is 30.9 Å². The third kappa shape index (κ3) is 4.54. The van der Waals surface area contributed by atoms with E-state index in [4.69, 9.17) is 4.74 Å². The SMILES string of the molecule is CN(C)c1ccc(NC(=O)COC(=O)c2cc(O)c(O)c(O)c2)cc1. The van der Waals surface area contributed by atoms with Crippen LogP contribution in [0.4, 0.5) is 11.4 Å². The van der Waals surface area contributed by atoms with E-state index in [1.807, 2.05) is 31.1 Å². The van der Waals surface area contributed by atoms with Crippen LogP contribution in [0.5, 0.6) is 17.2 Å². The van der Waals surface area contributed by atoms with Crippen molar-refractivity contribution in [1.82, 2.24) is 0 Å². The Morgan fingerprint density at radius 2 is 1.60 bits per heavy atom. The average molecular weight is 346 g/mol. The molecule has 2 aromatic rings. The molecule has 0 aliphatic heterocycles. The molecule has 0 fully saturated rings. The van der Waals surface area contributed by atoms with E-state index in [0.717, 1.165) is 17.8 Å². The van der Waals surface area contributed by atoms with Gasteiger partial charge in [0, 0.05) is 25.5 Å². The van der Waals surface area contributed by atoms with Crippen LogP contribution in [0.1, 0.15) is 10.4 Å². The number of rotatable bonds is 5. The van der Waals surface area contributed by atoms with Gasteiger partial charge in [-0.25, -0.2) is 4.79 Å². The van der Waals surface area contributed by atoms with Gasteiger partial charge < -0.3 is 30.3 Å². The quantitative estimate of drug-likeness (QED) is 0.480. The molecule has 1 amide bonds. The van der Waals surface area contributed by atoms with Gasteiger partial charge in [-0.05, 0) is 36.4 Å². The number of anilines is 2. The van der Waals surface area contributed by atoms with E-state index < -0.39 is 35.7 Å². The number of amides is 1. The van der Waals surface area contributed by atoms with E-state index in [1.54, 1.807) is 12.1 Å². The van der Waals surface area contributed by atoms with Crippen LogP contribution in [0, 0.1) is 0 Å². The third-order valence-electron chi connectivity index (χ3n) is 3.31. The Balaban J connectivity index is 1.92. The van der Waals surface area contributed by atoms with Crippen LogP contribution in [0.2, 0.25) is 0 Å². The van der Waals surface area contributed by atoms with Crippen molar-refractivity contribution in [1.29, 1.82) is 0 Å². The summed E-state index contributed by atoms with van der Waals surface area (Å²) in [6, 6.07) is 8.92. The molecule has 0 saturated carbocycles. The maximum absolute atomic E-state index is 11.8. The van der Waals surface area contributed by atoms with Gasteiger partial charge in [0.15, 0.2) is 23.9 Å². The molecule has 25 heavy (non-hydrogen) atoms. The number of aromatic hydroxyl groups is 3. The molecule has 0 aliphatic carbocycles. The van der Waals surface area contributed by atoms with Gasteiger partial charge in [0.05, 0.1) is 5.56 Å². The number of nitrogens with zero attached hydrogens (tertiary/aromatic N) is 1. The number of carbonyl (C=O) groups is 2. The van der Waals surface area contributed by atoms with E-state index in [9.17, 15) is 24.9 Å². The van der Waals surface area contributed by atoms with Gasteiger partial charge in [-0.2, -0.15) is 0 Å². The molecule has 8 heteroatoms. The van der Waals surface area contributed by atoms with Crippen LogP contribution in [-0.4, -0.2) is 47.9 Å². The minimum atomic E-state index is -0.927. The Hall–Kier alpha value is -3.42. The van der Waals surface area contributed by atoms with Gasteiger partial charge >= 0.3 is 5.97 Å². The van der Waals surface area contributed by atoms with Crippen LogP contribution in [0.25, 0.3) is 0 Å². The molecule has 0 spiro atoms. The predicted octanol–water partition coefficient (Wildman–Crippen LogP) is 1.66. The highest BCUT2D eigenvalue weighted by atomic mass is 16.5. The Bertz CT molecular complexity index is 763. The molecule has 0 saturated heterocycles.